The number of phenols is 1. The Hall–Kier alpha value is -2.37. The molecule has 0 saturated carbocycles. The van der Waals surface area contributed by atoms with Crippen molar-refractivity contribution in [1.29, 1.82) is 0 Å². The Bertz CT molecular complexity index is 566. The van der Waals surface area contributed by atoms with Crippen molar-refractivity contribution in [1.82, 2.24) is 5.16 Å². The van der Waals surface area contributed by atoms with Gasteiger partial charge in [-0.1, -0.05) is 5.16 Å². The van der Waals surface area contributed by atoms with Gasteiger partial charge in [-0.15, -0.1) is 0 Å². The summed E-state index contributed by atoms with van der Waals surface area (Å²) in [6, 6.07) is 4.61. The van der Waals surface area contributed by atoms with Crippen LogP contribution in [0.25, 0.3) is 0 Å². The van der Waals surface area contributed by atoms with Crippen LogP contribution in [-0.2, 0) is 0 Å². The minimum absolute atomic E-state index is 0.135. The standard InChI is InChI=1S/C11H9FN2O3/c1-6-4-10(17-14-6)13-11(16)8-5-7(12)2-3-9(8)15/h2-5,15H,1H3,(H,13,16). The van der Waals surface area contributed by atoms with Gasteiger partial charge in [0.05, 0.1) is 11.3 Å². The maximum absolute atomic E-state index is 12.9. The lowest BCUT2D eigenvalue weighted by Gasteiger charge is -2.03. The maximum atomic E-state index is 12.9. The highest BCUT2D eigenvalue weighted by atomic mass is 19.1. The first-order valence-corrected chi connectivity index (χ1v) is 4.79. The fourth-order valence-electron chi connectivity index (χ4n) is 1.29. The van der Waals surface area contributed by atoms with E-state index in [0.717, 1.165) is 18.2 Å². The molecule has 2 aromatic rings. The Balaban J connectivity index is 2.22. The molecule has 0 aliphatic heterocycles. The molecular weight excluding hydrogens is 227 g/mol. The van der Waals surface area contributed by atoms with E-state index in [9.17, 15) is 14.3 Å². The van der Waals surface area contributed by atoms with E-state index in [-0.39, 0.29) is 17.2 Å². The zero-order valence-corrected chi connectivity index (χ0v) is 8.90. The molecule has 0 saturated heterocycles. The third kappa shape index (κ3) is 2.41. The van der Waals surface area contributed by atoms with Gasteiger partial charge in [0, 0.05) is 6.07 Å². The molecule has 6 heteroatoms. The Morgan fingerprint density at radius 1 is 1.47 bits per heavy atom. The number of hydrogen-bond acceptors (Lipinski definition) is 4. The quantitative estimate of drug-likeness (QED) is 0.837. The number of anilines is 1. The number of amides is 1. The zero-order chi connectivity index (χ0) is 12.4. The van der Waals surface area contributed by atoms with Crippen LogP contribution in [0, 0.1) is 12.7 Å². The molecule has 0 spiro atoms. The van der Waals surface area contributed by atoms with Crippen LogP contribution >= 0.6 is 0 Å². The summed E-state index contributed by atoms with van der Waals surface area (Å²) in [7, 11) is 0. The highest BCUT2D eigenvalue weighted by molar-refractivity contribution is 6.05. The van der Waals surface area contributed by atoms with Gasteiger partial charge in [-0.05, 0) is 25.1 Å². The van der Waals surface area contributed by atoms with Gasteiger partial charge < -0.3 is 9.63 Å². The zero-order valence-electron chi connectivity index (χ0n) is 8.90. The predicted octanol–water partition coefficient (Wildman–Crippen LogP) is 2.08. The molecule has 88 valence electrons. The molecule has 0 bridgehead atoms. The normalized spacial score (nSPS) is 10.2. The van der Waals surface area contributed by atoms with Crippen LogP contribution in [0.2, 0.25) is 0 Å². The molecule has 17 heavy (non-hydrogen) atoms. The second kappa shape index (κ2) is 4.25. The van der Waals surface area contributed by atoms with Crippen LogP contribution in [0.5, 0.6) is 5.75 Å². The van der Waals surface area contributed by atoms with E-state index in [4.69, 9.17) is 4.52 Å². The number of nitrogens with one attached hydrogen (secondary N) is 1. The molecular formula is C11H9FN2O3. The fraction of sp³-hybridized carbons (Fsp3) is 0.0909. The molecule has 2 rings (SSSR count). The molecule has 1 aromatic heterocycles. The molecule has 0 aliphatic carbocycles. The lowest BCUT2D eigenvalue weighted by Crippen LogP contribution is -2.11. The van der Waals surface area contributed by atoms with Crippen molar-refractivity contribution < 1.29 is 18.8 Å². The fourth-order valence-corrected chi connectivity index (χ4v) is 1.29. The Labute approximate surface area is 95.9 Å². The lowest BCUT2D eigenvalue weighted by atomic mass is 10.2. The van der Waals surface area contributed by atoms with Crippen LogP contribution in [0.1, 0.15) is 16.1 Å². The molecule has 1 heterocycles. The third-order valence-electron chi connectivity index (χ3n) is 2.07. The molecule has 0 unspecified atom stereocenters. The number of phenolic OH excluding ortho intramolecular Hbond substituents is 1. The number of aromatic nitrogens is 1. The van der Waals surface area contributed by atoms with Gasteiger partial charge >= 0.3 is 0 Å². The smallest absolute Gasteiger partial charge is 0.261 e. The maximum Gasteiger partial charge on any atom is 0.261 e. The van der Waals surface area contributed by atoms with E-state index in [1.165, 1.54) is 6.07 Å². The Morgan fingerprint density at radius 2 is 2.24 bits per heavy atom. The summed E-state index contributed by atoms with van der Waals surface area (Å²) in [5.41, 5.74) is 0.433. The summed E-state index contributed by atoms with van der Waals surface area (Å²) in [4.78, 5) is 11.7. The molecule has 0 fully saturated rings. The van der Waals surface area contributed by atoms with E-state index in [1.54, 1.807) is 6.92 Å². The van der Waals surface area contributed by atoms with Crippen LogP contribution in [0.3, 0.4) is 0 Å². The molecule has 0 aliphatic rings. The summed E-state index contributed by atoms with van der Waals surface area (Å²) >= 11 is 0. The van der Waals surface area contributed by atoms with Gasteiger partial charge in [-0.2, -0.15) is 0 Å². The first kappa shape index (κ1) is 11.1. The van der Waals surface area contributed by atoms with Gasteiger partial charge in [-0.3, -0.25) is 10.1 Å². The van der Waals surface area contributed by atoms with Gasteiger partial charge in [-0.25, -0.2) is 4.39 Å². The first-order valence-electron chi connectivity index (χ1n) is 4.79. The summed E-state index contributed by atoms with van der Waals surface area (Å²) < 4.78 is 17.7. The van der Waals surface area contributed by atoms with Crippen LogP contribution in [0.4, 0.5) is 10.3 Å². The minimum atomic E-state index is -0.668. The SMILES string of the molecule is Cc1cc(NC(=O)c2cc(F)ccc2O)on1. The average Bonchev–Trinajstić information content (AvgIpc) is 2.67. The highest BCUT2D eigenvalue weighted by Gasteiger charge is 2.14. The van der Waals surface area contributed by atoms with Crippen LogP contribution in [-0.4, -0.2) is 16.2 Å². The second-order valence-corrected chi connectivity index (χ2v) is 3.45. The van der Waals surface area contributed by atoms with Gasteiger partial charge in [0.2, 0.25) is 5.88 Å². The number of aromatic hydroxyl groups is 1. The summed E-state index contributed by atoms with van der Waals surface area (Å²) in [5.74, 6) is -1.45. The first-order chi connectivity index (χ1) is 8.06. The van der Waals surface area contributed by atoms with Crippen molar-refractivity contribution in [3.8, 4) is 5.75 Å². The monoisotopic (exact) mass is 236 g/mol. The van der Waals surface area contributed by atoms with E-state index >= 15 is 0 Å². The van der Waals surface area contributed by atoms with E-state index in [2.05, 4.69) is 10.5 Å². The number of carbonyl (C=O) groups is 1. The molecule has 0 radical (unpaired) electrons. The highest BCUT2D eigenvalue weighted by Crippen LogP contribution is 2.19. The summed E-state index contributed by atoms with van der Waals surface area (Å²) in [6.45, 7) is 1.69. The van der Waals surface area contributed by atoms with Crippen molar-refractivity contribution in [2.24, 2.45) is 0 Å². The van der Waals surface area contributed by atoms with Crippen LogP contribution < -0.4 is 5.32 Å². The lowest BCUT2D eigenvalue weighted by molar-refractivity contribution is 0.102. The number of halogens is 1. The van der Waals surface area contributed by atoms with E-state index in [0.29, 0.717) is 5.69 Å². The third-order valence-corrected chi connectivity index (χ3v) is 2.07. The summed E-state index contributed by atoms with van der Waals surface area (Å²) in [6.07, 6.45) is 0. The number of benzene rings is 1. The van der Waals surface area contributed by atoms with Crippen molar-refractivity contribution in [3.05, 3.63) is 41.3 Å². The van der Waals surface area contributed by atoms with Gasteiger partial charge in [0.15, 0.2) is 0 Å². The van der Waals surface area contributed by atoms with E-state index < -0.39 is 11.7 Å². The molecule has 2 N–H and O–H groups in total. The number of aryl methyl sites for hydroxylation is 1. The number of nitrogens with zero attached hydrogens (tertiary/aromatic N) is 1. The van der Waals surface area contributed by atoms with Gasteiger partial charge in [0.1, 0.15) is 11.6 Å². The Morgan fingerprint density at radius 3 is 2.88 bits per heavy atom. The predicted molar refractivity (Wildman–Crippen MR) is 57.3 cm³/mol. The average molecular weight is 236 g/mol. The largest absolute Gasteiger partial charge is 0.507 e. The number of rotatable bonds is 2. The van der Waals surface area contributed by atoms with Crippen molar-refractivity contribution in [2.75, 3.05) is 5.32 Å². The topological polar surface area (TPSA) is 75.4 Å². The van der Waals surface area contributed by atoms with Crippen molar-refractivity contribution in [3.63, 3.8) is 0 Å². The molecule has 1 aromatic carbocycles. The molecule has 5 nitrogen and oxygen atoms in total. The minimum Gasteiger partial charge on any atom is -0.507 e. The van der Waals surface area contributed by atoms with Gasteiger partial charge in [0.25, 0.3) is 5.91 Å². The Kier molecular flexibility index (Phi) is 2.78. The van der Waals surface area contributed by atoms with Crippen LogP contribution in [0.15, 0.2) is 28.8 Å². The molecule has 1 amide bonds. The number of hydrogen-bond donors (Lipinski definition) is 2. The van der Waals surface area contributed by atoms with Crippen molar-refractivity contribution >= 4 is 11.8 Å². The van der Waals surface area contributed by atoms with E-state index in [1.807, 2.05) is 0 Å². The summed E-state index contributed by atoms with van der Waals surface area (Å²) in [5, 5.41) is 15.3. The second-order valence-electron chi connectivity index (χ2n) is 3.45. The molecule has 0 atom stereocenters. The van der Waals surface area contributed by atoms with Crippen molar-refractivity contribution in [2.45, 2.75) is 6.92 Å². The number of carbonyl (C=O) groups excluding carboxylic acids is 1.